The van der Waals surface area contributed by atoms with E-state index in [0.717, 1.165) is 11.4 Å². The molecule has 0 spiro atoms. The van der Waals surface area contributed by atoms with E-state index in [0.29, 0.717) is 11.1 Å². The highest BCUT2D eigenvalue weighted by Gasteiger charge is 2.19. The standard InChI is InChI=1S/C17H15NO3/c1-11-8-13(9-12(2)18-11)10-15(17(20)21)16(19)14-6-4-3-5-7-14/h3-10H,1-2H3,(H,20,21)/b15-10+. The number of Topliss-reactive ketones (excluding diaryl/α,β-unsaturated/α-hetero) is 1. The molecule has 0 saturated carbocycles. The van der Waals surface area contributed by atoms with Gasteiger partial charge in [-0.25, -0.2) is 4.79 Å². The number of nitrogens with zero attached hydrogens (tertiary/aromatic N) is 1. The van der Waals surface area contributed by atoms with E-state index in [4.69, 9.17) is 0 Å². The number of hydrogen-bond acceptors (Lipinski definition) is 3. The van der Waals surface area contributed by atoms with Gasteiger partial charge in [-0.15, -0.1) is 0 Å². The van der Waals surface area contributed by atoms with Crippen molar-refractivity contribution in [1.29, 1.82) is 0 Å². The zero-order chi connectivity index (χ0) is 15.4. The van der Waals surface area contributed by atoms with Crippen molar-refractivity contribution in [3.05, 3.63) is 70.6 Å². The highest BCUT2D eigenvalue weighted by Crippen LogP contribution is 2.15. The van der Waals surface area contributed by atoms with E-state index >= 15 is 0 Å². The number of hydrogen-bond donors (Lipinski definition) is 1. The van der Waals surface area contributed by atoms with Gasteiger partial charge in [0.15, 0.2) is 5.78 Å². The van der Waals surface area contributed by atoms with Crippen molar-refractivity contribution in [3.63, 3.8) is 0 Å². The maximum atomic E-state index is 12.3. The van der Waals surface area contributed by atoms with Gasteiger partial charge in [-0.05, 0) is 37.6 Å². The number of carbonyl (C=O) groups is 2. The van der Waals surface area contributed by atoms with Crippen LogP contribution in [-0.4, -0.2) is 21.8 Å². The zero-order valence-corrected chi connectivity index (χ0v) is 11.8. The molecule has 1 heterocycles. The first-order valence-electron chi connectivity index (χ1n) is 6.47. The summed E-state index contributed by atoms with van der Waals surface area (Å²) < 4.78 is 0. The molecule has 0 unspecified atom stereocenters. The SMILES string of the molecule is Cc1cc(/C=C(/C(=O)O)C(=O)c2ccccc2)cc(C)n1. The number of ketones is 1. The molecule has 0 radical (unpaired) electrons. The van der Waals surface area contributed by atoms with E-state index in [1.54, 1.807) is 42.5 Å². The summed E-state index contributed by atoms with van der Waals surface area (Å²) in [5.74, 6) is -1.74. The second-order valence-electron chi connectivity index (χ2n) is 4.74. The summed E-state index contributed by atoms with van der Waals surface area (Å²) in [7, 11) is 0. The maximum absolute atomic E-state index is 12.3. The smallest absolute Gasteiger partial charge is 0.339 e. The Kier molecular flexibility index (Phi) is 4.28. The average molecular weight is 281 g/mol. The minimum absolute atomic E-state index is 0.258. The molecule has 0 bridgehead atoms. The van der Waals surface area contributed by atoms with Gasteiger partial charge in [-0.2, -0.15) is 0 Å². The topological polar surface area (TPSA) is 67.3 Å². The van der Waals surface area contributed by atoms with E-state index < -0.39 is 11.8 Å². The van der Waals surface area contributed by atoms with Crippen LogP contribution in [0.25, 0.3) is 6.08 Å². The van der Waals surface area contributed by atoms with Gasteiger partial charge in [0.1, 0.15) is 5.57 Å². The highest BCUT2D eigenvalue weighted by molar-refractivity contribution is 6.26. The fourth-order valence-electron chi connectivity index (χ4n) is 2.09. The Labute approximate surface area is 122 Å². The van der Waals surface area contributed by atoms with Crippen LogP contribution in [0.1, 0.15) is 27.3 Å². The number of pyridine rings is 1. The zero-order valence-electron chi connectivity index (χ0n) is 11.8. The van der Waals surface area contributed by atoms with Gasteiger partial charge in [-0.1, -0.05) is 30.3 Å². The fourth-order valence-corrected chi connectivity index (χ4v) is 2.09. The predicted molar refractivity (Wildman–Crippen MR) is 80.1 cm³/mol. The molecule has 0 fully saturated rings. The largest absolute Gasteiger partial charge is 0.478 e. The first-order valence-corrected chi connectivity index (χ1v) is 6.47. The summed E-state index contributed by atoms with van der Waals surface area (Å²) in [6.45, 7) is 3.65. The summed E-state index contributed by atoms with van der Waals surface area (Å²) in [6, 6.07) is 11.9. The third-order valence-corrected chi connectivity index (χ3v) is 2.93. The Morgan fingerprint density at radius 1 is 1.05 bits per heavy atom. The minimum Gasteiger partial charge on any atom is -0.478 e. The predicted octanol–water partition coefficient (Wildman–Crippen LogP) is 3.05. The maximum Gasteiger partial charge on any atom is 0.339 e. The van der Waals surface area contributed by atoms with E-state index in [9.17, 15) is 14.7 Å². The van der Waals surface area contributed by atoms with Gasteiger partial charge in [0, 0.05) is 17.0 Å². The molecule has 106 valence electrons. The van der Waals surface area contributed by atoms with E-state index in [2.05, 4.69) is 4.98 Å². The third kappa shape index (κ3) is 3.63. The molecule has 1 aromatic heterocycles. The summed E-state index contributed by atoms with van der Waals surface area (Å²) >= 11 is 0. The monoisotopic (exact) mass is 281 g/mol. The van der Waals surface area contributed by atoms with Crippen molar-refractivity contribution in [2.24, 2.45) is 0 Å². The van der Waals surface area contributed by atoms with Gasteiger partial charge in [0.05, 0.1) is 0 Å². The number of aliphatic carboxylic acids is 1. The van der Waals surface area contributed by atoms with Crippen LogP contribution in [0.4, 0.5) is 0 Å². The number of rotatable bonds is 4. The lowest BCUT2D eigenvalue weighted by Gasteiger charge is -2.04. The van der Waals surface area contributed by atoms with Crippen LogP contribution in [0.15, 0.2) is 48.0 Å². The molecule has 0 atom stereocenters. The fraction of sp³-hybridized carbons (Fsp3) is 0.118. The van der Waals surface area contributed by atoms with Crippen LogP contribution in [0.5, 0.6) is 0 Å². The molecular formula is C17H15NO3. The third-order valence-electron chi connectivity index (χ3n) is 2.93. The Morgan fingerprint density at radius 2 is 1.62 bits per heavy atom. The van der Waals surface area contributed by atoms with Crippen molar-refractivity contribution < 1.29 is 14.7 Å². The molecule has 0 saturated heterocycles. The summed E-state index contributed by atoms with van der Waals surface area (Å²) in [4.78, 5) is 27.9. The number of aromatic nitrogens is 1. The number of carbonyl (C=O) groups excluding carboxylic acids is 1. The lowest BCUT2D eigenvalue weighted by atomic mass is 10.0. The van der Waals surface area contributed by atoms with Gasteiger partial charge in [0.25, 0.3) is 0 Å². The molecule has 4 heteroatoms. The van der Waals surface area contributed by atoms with Crippen molar-refractivity contribution >= 4 is 17.8 Å². The first kappa shape index (κ1) is 14.7. The van der Waals surface area contributed by atoms with Crippen LogP contribution in [0.3, 0.4) is 0 Å². The second kappa shape index (κ2) is 6.13. The summed E-state index contributed by atoms with van der Waals surface area (Å²) in [6.07, 6.45) is 1.39. The Morgan fingerprint density at radius 3 is 2.14 bits per heavy atom. The molecule has 4 nitrogen and oxygen atoms in total. The van der Waals surface area contributed by atoms with Gasteiger partial charge in [0.2, 0.25) is 0 Å². The molecule has 2 aromatic rings. The lowest BCUT2D eigenvalue weighted by Crippen LogP contribution is -2.12. The number of aryl methyl sites for hydroxylation is 2. The molecule has 0 aliphatic carbocycles. The average Bonchev–Trinajstić information content (AvgIpc) is 2.43. The van der Waals surface area contributed by atoms with Crippen LogP contribution in [0, 0.1) is 13.8 Å². The van der Waals surface area contributed by atoms with E-state index in [1.807, 2.05) is 13.8 Å². The van der Waals surface area contributed by atoms with E-state index in [-0.39, 0.29) is 5.57 Å². The number of carboxylic acid groups (broad SMARTS) is 1. The molecule has 0 amide bonds. The van der Waals surface area contributed by atoms with Gasteiger partial charge >= 0.3 is 5.97 Å². The van der Waals surface area contributed by atoms with Crippen LogP contribution < -0.4 is 0 Å². The summed E-state index contributed by atoms with van der Waals surface area (Å²) in [5.41, 5.74) is 2.30. The second-order valence-corrected chi connectivity index (χ2v) is 4.74. The summed E-state index contributed by atoms with van der Waals surface area (Å²) in [5, 5.41) is 9.30. The quantitative estimate of drug-likeness (QED) is 0.405. The number of benzene rings is 1. The Bertz CT molecular complexity index is 698. The molecule has 21 heavy (non-hydrogen) atoms. The van der Waals surface area contributed by atoms with Crippen molar-refractivity contribution in [1.82, 2.24) is 4.98 Å². The Balaban J connectivity index is 2.46. The minimum atomic E-state index is -1.24. The lowest BCUT2D eigenvalue weighted by molar-refractivity contribution is -0.132. The van der Waals surface area contributed by atoms with Gasteiger partial charge < -0.3 is 5.11 Å². The molecule has 1 aromatic carbocycles. The number of carboxylic acids is 1. The first-order chi connectivity index (χ1) is 9.97. The van der Waals surface area contributed by atoms with Crippen molar-refractivity contribution in [3.8, 4) is 0 Å². The van der Waals surface area contributed by atoms with Crippen LogP contribution in [-0.2, 0) is 4.79 Å². The van der Waals surface area contributed by atoms with Crippen molar-refractivity contribution in [2.75, 3.05) is 0 Å². The van der Waals surface area contributed by atoms with E-state index in [1.165, 1.54) is 6.08 Å². The molecule has 1 N–H and O–H groups in total. The van der Waals surface area contributed by atoms with Crippen LogP contribution in [0.2, 0.25) is 0 Å². The molecule has 0 aliphatic rings. The molecule has 0 aliphatic heterocycles. The molecule has 2 rings (SSSR count). The highest BCUT2D eigenvalue weighted by atomic mass is 16.4. The Hall–Kier alpha value is -2.75. The van der Waals surface area contributed by atoms with Crippen molar-refractivity contribution in [2.45, 2.75) is 13.8 Å². The van der Waals surface area contributed by atoms with Gasteiger partial charge in [-0.3, -0.25) is 9.78 Å². The normalized spacial score (nSPS) is 11.2. The van der Waals surface area contributed by atoms with Crippen LogP contribution >= 0.6 is 0 Å². The molecular weight excluding hydrogens is 266 g/mol.